The first-order valence-corrected chi connectivity index (χ1v) is 14.0. The lowest BCUT2D eigenvalue weighted by Crippen LogP contribution is -2.41. The molecule has 0 atom stereocenters. The van der Waals surface area contributed by atoms with Crippen molar-refractivity contribution in [2.45, 2.75) is 77.4 Å². The summed E-state index contributed by atoms with van der Waals surface area (Å²) in [7, 11) is -1.97. The summed E-state index contributed by atoms with van der Waals surface area (Å²) in [6.07, 6.45) is 7.24. The van der Waals surface area contributed by atoms with E-state index in [1.165, 1.54) is 62.0 Å². The van der Waals surface area contributed by atoms with Crippen molar-refractivity contribution in [2.75, 3.05) is 0 Å². The van der Waals surface area contributed by atoms with Gasteiger partial charge in [0.05, 0.1) is 0 Å². The molecule has 0 aliphatic carbocycles. The fourth-order valence-corrected chi connectivity index (χ4v) is 9.05. The van der Waals surface area contributed by atoms with Crippen LogP contribution in [-0.4, -0.2) is 8.32 Å². The van der Waals surface area contributed by atoms with Crippen molar-refractivity contribution in [3.63, 3.8) is 0 Å². The Bertz CT molecular complexity index is 915. The maximum Gasteiger partial charge on any atom is 0.251 e. The molecular weight excluding hydrogens is 375 g/mol. The molecule has 0 amide bonds. The van der Waals surface area contributed by atoms with Gasteiger partial charge in [-0.15, -0.1) is 0 Å². The van der Waals surface area contributed by atoms with E-state index in [9.17, 15) is 4.39 Å². The Morgan fingerprint density at radius 2 is 1.31 bits per heavy atom. The van der Waals surface area contributed by atoms with Gasteiger partial charge in [-0.05, 0) is 47.1 Å². The summed E-state index contributed by atoms with van der Waals surface area (Å²) in [5, 5.41) is 4.27. The molecule has 0 aromatic heterocycles. The molecule has 0 saturated heterocycles. The van der Waals surface area contributed by atoms with E-state index in [1.54, 1.807) is 12.1 Å². The lowest BCUT2D eigenvalue weighted by Gasteiger charge is -2.34. The van der Waals surface area contributed by atoms with E-state index >= 15 is 0 Å². The Kier molecular flexibility index (Phi) is 7.71. The van der Waals surface area contributed by atoms with E-state index < -0.39 is 8.32 Å². The molecule has 3 aromatic rings. The zero-order valence-electron chi connectivity index (χ0n) is 18.3. The number of rotatable bonds is 11. The Hall–Kier alpha value is -1.87. The lowest BCUT2D eigenvalue weighted by molar-refractivity contribution is 0.520. The molecule has 0 fully saturated rings. The molecule has 0 bridgehead atoms. The minimum atomic E-state index is -1.97. The standard InChI is InChI=1S/C26H35FOSi/c1-4-7-16-29(17-8-5-2,18-9-6-3)28-26-24-13-11-10-12-21(24)19-22-14-15-23(27)20-25(22)26/h10-15,19-20H,4-9,16-18H2,1-3H3. The molecule has 3 aromatic carbocycles. The number of benzene rings is 3. The number of halogens is 1. The van der Waals surface area contributed by atoms with Crippen LogP contribution in [0, 0.1) is 5.82 Å². The van der Waals surface area contributed by atoms with Gasteiger partial charge in [0.1, 0.15) is 11.6 Å². The fraction of sp³-hybridized carbons (Fsp3) is 0.462. The highest BCUT2D eigenvalue weighted by molar-refractivity contribution is 6.74. The van der Waals surface area contributed by atoms with Gasteiger partial charge in [-0.1, -0.05) is 89.6 Å². The summed E-state index contributed by atoms with van der Waals surface area (Å²) in [5.41, 5.74) is 0. The molecule has 0 aliphatic heterocycles. The lowest BCUT2D eigenvalue weighted by atomic mass is 10.0. The van der Waals surface area contributed by atoms with Crippen LogP contribution < -0.4 is 4.43 Å². The minimum Gasteiger partial charge on any atom is -0.543 e. The SMILES string of the molecule is CCCC[Si](CCCC)(CCCC)Oc1c2ccccc2cc2ccc(F)cc12. The van der Waals surface area contributed by atoms with E-state index in [0.717, 1.165) is 21.9 Å². The highest BCUT2D eigenvalue weighted by Gasteiger charge is 2.36. The average Bonchev–Trinajstić information content (AvgIpc) is 2.74. The second-order valence-electron chi connectivity index (χ2n) is 8.39. The summed E-state index contributed by atoms with van der Waals surface area (Å²) in [4.78, 5) is 0. The molecule has 3 rings (SSSR count). The number of unbranched alkanes of at least 4 members (excludes halogenated alkanes) is 3. The largest absolute Gasteiger partial charge is 0.543 e. The molecule has 0 unspecified atom stereocenters. The first kappa shape index (κ1) is 21.8. The van der Waals surface area contributed by atoms with E-state index in [0.29, 0.717) is 0 Å². The highest BCUT2D eigenvalue weighted by atomic mass is 28.4. The molecule has 1 nitrogen and oxygen atoms in total. The van der Waals surface area contributed by atoms with Crippen LogP contribution in [0.15, 0.2) is 48.5 Å². The van der Waals surface area contributed by atoms with Gasteiger partial charge in [0, 0.05) is 10.8 Å². The van der Waals surface area contributed by atoms with E-state index in [1.807, 2.05) is 6.07 Å². The predicted molar refractivity (Wildman–Crippen MR) is 127 cm³/mol. The average molecular weight is 411 g/mol. The second kappa shape index (κ2) is 10.2. The van der Waals surface area contributed by atoms with E-state index in [-0.39, 0.29) is 5.82 Å². The topological polar surface area (TPSA) is 9.23 Å². The van der Waals surface area contributed by atoms with E-state index in [4.69, 9.17) is 4.43 Å². The van der Waals surface area contributed by atoms with Gasteiger partial charge in [0.2, 0.25) is 0 Å². The Balaban J connectivity index is 2.16. The molecule has 0 N–H and O–H groups in total. The van der Waals surface area contributed by atoms with Crippen LogP contribution in [0.25, 0.3) is 21.5 Å². The van der Waals surface area contributed by atoms with Crippen LogP contribution in [0.4, 0.5) is 4.39 Å². The maximum absolute atomic E-state index is 14.2. The number of hydrogen-bond donors (Lipinski definition) is 0. The molecule has 0 radical (unpaired) electrons. The van der Waals surface area contributed by atoms with Gasteiger partial charge in [-0.2, -0.15) is 0 Å². The minimum absolute atomic E-state index is 0.194. The normalized spacial score (nSPS) is 12.0. The maximum atomic E-state index is 14.2. The summed E-state index contributed by atoms with van der Waals surface area (Å²) in [6, 6.07) is 19.3. The fourth-order valence-electron chi connectivity index (χ4n) is 4.34. The van der Waals surface area contributed by atoms with Gasteiger partial charge in [0.15, 0.2) is 0 Å². The van der Waals surface area contributed by atoms with Crippen molar-refractivity contribution < 1.29 is 8.82 Å². The van der Waals surface area contributed by atoms with Gasteiger partial charge in [-0.25, -0.2) is 4.39 Å². The van der Waals surface area contributed by atoms with Gasteiger partial charge < -0.3 is 4.43 Å². The van der Waals surface area contributed by atoms with Crippen molar-refractivity contribution >= 4 is 29.9 Å². The third kappa shape index (κ3) is 5.19. The number of fused-ring (bicyclic) bond motifs is 2. The first-order chi connectivity index (χ1) is 14.1. The molecule has 3 heteroatoms. The third-order valence-corrected chi connectivity index (χ3v) is 10.5. The van der Waals surface area contributed by atoms with Crippen molar-refractivity contribution in [3.05, 3.63) is 54.3 Å². The zero-order chi connectivity index (χ0) is 20.7. The second-order valence-corrected chi connectivity index (χ2v) is 12.5. The molecule has 0 aliphatic rings. The summed E-state index contributed by atoms with van der Waals surface area (Å²) >= 11 is 0. The molecular formula is C26H35FOSi. The predicted octanol–water partition coefficient (Wildman–Crippen LogP) is 8.86. The highest BCUT2D eigenvalue weighted by Crippen LogP contribution is 2.40. The Morgan fingerprint density at radius 1 is 0.724 bits per heavy atom. The zero-order valence-corrected chi connectivity index (χ0v) is 19.3. The molecule has 156 valence electrons. The van der Waals surface area contributed by atoms with Crippen LogP contribution in [0.2, 0.25) is 18.1 Å². The molecule has 0 saturated carbocycles. The van der Waals surface area contributed by atoms with Crippen LogP contribution in [-0.2, 0) is 0 Å². The number of hydrogen-bond acceptors (Lipinski definition) is 1. The van der Waals surface area contributed by atoms with Crippen molar-refractivity contribution in [2.24, 2.45) is 0 Å². The Morgan fingerprint density at radius 3 is 1.93 bits per heavy atom. The molecule has 0 spiro atoms. The third-order valence-electron chi connectivity index (χ3n) is 6.05. The molecule has 29 heavy (non-hydrogen) atoms. The van der Waals surface area contributed by atoms with Crippen LogP contribution in [0.5, 0.6) is 5.75 Å². The van der Waals surface area contributed by atoms with Crippen molar-refractivity contribution in [3.8, 4) is 5.75 Å². The summed E-state index contributed by atoms with van der Waals surface area (Å²) in [6.45, 7) is 6.80. The monoisotopic (exact) mass is 410 g/mol. The van der Waals surface area contributed by atoms with Crippen LogP contribution in [0.1, 0.15) is 59.3 Å². The smallest absolute Gasteiger partial charge is 0.251 e. The summed E-state index contributed by atoms with van der Waals surface area (Å²) < 4.78 is 21.4. The van der Waals surface area contributed by atoms with Crippen LogP contribution in [0.3, 0.4) is 0 Å². The van der Waals surface area contributed by atoms with Gasteiger partial charge in [-0.3, -0.25) is 0 Å². The quantitative estimate of drug-likeness (QED) is 0.226. The molecule has 0 heterocycles. The first-order valence-electron chi connectivity index (χ1n) is 11.4. The van der Waals surface area contributed by atoms with Crippen LogP contribution >= 0.6 is 0 Å². The Labute approximate surface area is 176 Å². The summed E-state index contributed by atoms with van der Waals surface area (Å²) in [5.74, 6) is 0.730. The van der Waals surface area contributed by atoms with Crippen molar-refractivity contribution in [1.82, 2.24) is 0 Å². The van der Waals surface area contributed by atoms with Crippen molar-refractivity contribution in [1.29, 1.82) is 0 Å². The van der Waals surface area contributed by atoms with Gasteiger partial charge in [0.25, 0.3) is 8.32 Å². The van der Waals surface area contributed by atoms with E-state index in [2.05, 4.69) is 51.1 Å². The van der Waals surface area contributed by atoms with Gasteiger partial charge >= 0.3 is 0 Å².